The zero-order chi connectivity index (χ0) is 14.0. The Hall–Kier alpha value is -0.170. The molecule has 0 spiro atoms. The van der Waals surface area contributed by atoms with Crippen LogP contribution in [0.15, 0.2) is 21.6 Å². The van der Waals surface area contributed by atoms with Crippen molar-refractivity contribution in [3.8, 4) is 0 Å². The molecule has 0 amide bonds. The quantitative estimate of drug-likeness (QED) is 0.767. The number of rotatable bonds is 4. The summed E-state index contributed by atoms with van der Waals surface area (Å²) in [6, 6.07) is 1.51. The van der Waals surface area contributed by atoms with E-state index in [2.05, 4.69) is 27.8 Å². The fourth-order valence-corrected chi connectivity index (χ4v) is 4.83. The summed E-state index contributed by atoms with van der Waals surface area (Å²) in [5, 5.41) is 0.0298. The number of halogens is 2. The van der Waals surface area contributed by atoms with Crippen molar-refractivity contribution in [3.05, 3.63) is 21.9 Å². The molecule has 7 heteroatoms. The number of pyridine rings is 1. The second kappa shape index (κ2) is 6.08. The fourth-order valence-electron chi connectivity index (χ4n) is 2.38. The van der Waals surface area contributed by atoms with Crippen molar-refractivity contribution < 1.29 is 8.42 Å². The molecule has 1 fully saturated rings. The zero-order valence-electron chi connectivity index (χ0n) is 10.6. The first kappa shape index (κ1) is 15.2. The molecule has 0 bridgehead atoms. The Morgan fingerprint density at radius 3 is 3.00 bits per heavy atom. The molecule has 0 aliphatic carbocycles. The maximum Gasteiger partial charge on any atom is 0.246 e. The van der Waals surface area contributed by atoms with Crippen molar-refractivity contribution >= 4 is 37.6 Å². The van der Waals surface area contributed by atoms with Crippen molar-refractivity contribution in [3.63, 3.8) is 0 Å². The predicted octanol–water partition coefficient (Wildman–Crippen LogP) is 3.31. The number of hydrogen-bond acceptors (Lipinski definition) is 3. The van der Waals surface area contributed by atoms with Crippen molar-refractivity contribution in [1.82, 2.24) is 9.29 Å². The van der Waals surface area contributed by atoms with E-state index in [-0.39, 0.29) is 10.0 Å². The molecule has 106 valence electrons. The largest absolute Gasteiger partial charge is 0.246 e. The molecule has 1 saturated heterocycles. The Morgan fingerprint density at radius 2 is 2.32 bits per heavy atom. The van der Waals surface area contributed by atoms with Crippen LogP contribution in [0.5, 0.6) is 0 Å². The van der Waals surface area contributed by atoms with Gasteiger partial charge in [-0.1, -0.05) is 24.9 Å². The van der Waals surface area contributed by atoms with Crippen molar-refractivity contribution in [2.24, 2.45) is 5.92 Å². The molecule has 1 unspecified atom stereocenters. The van der Waals surface area contributed by atoms with Crippen LogP contribution < -0.4 is 0 Å². The van der Waals surface area contributed by atoms with Gasteiger partial charge in [0, 0.05) is 23.8 Å². The third-order valence-electron chi connectivity index (χ3n) is 3.34. The predicted molar refractivity (Wildman–Crippen MR) is 78.7 cm³/mol. The lowest BCUT2D eigenvalue weighted by molar-refractivity contribution is 0.444. The van der Waals surface area contributed by atoms with Gasteiger partial charge in [0.1, 0.15) is 10.0 Å². The molecular formula is C12H16BrClN2O2S. The molecule has 2 heterocycles. The summed E-state index contributed by atoms with van der Waals surface area (Å²) < 4.78 is 27.2. The van der Waals surface area contributed by atoms with Crippen LogP contribution in [0.4, 0.5) is 0 Å². The molecule has 0 saturated carbocycles. The number of aromatic nitrogens is 1. The molecular weight excluding hydrogens is 352 g/mol. The summed E-state index contributed by atoms with van der Waals surface area (Å²) in [6.45, 7) is 3.26. The fraction of sp³-hybridized carbons (Fsp3) is 0.583. The molecule has 2 rings (SSSR count). The Bertz CT molecular complexity index is 565. The van der Waals surface area contributed by atoms with E-state index >= 15 is 0 Å². The van der Waals surface area contributed by atoms with Crippen molar-refractivity contribution in [1.29, 1.82) is 0 Å². The Kier molecular flexibility index (Phi) is 4.87. The summed E-state index contributed by atoms with van der Waals surface area (Å²) >= 11 is 9.15. The maximum atomic E-state index is 12.5. The van der Waals surface area contributed by atoms with Gasteiger partial charge in [-0.15, -0.1) is 0 Å². The lowest BCUT2D eigenvalue weighted by atomic mass is 10.0. The van der Waals surface area contributed by atoms with E-state index in [0.29, 0.717) is 23.5 Å². The molecule has 4 nitrogen and oxygen atoms in total. The third kappa shape index (κ3) is 3.29. The third-order valence-corrected chi connectivity index (χ3v) is 6.06. The molecule has 1 aliphatic rings. The van der Waals surface area contributed by atoms with Gasteiger partial charge in [0.05, 0.1) is 0 Å². The topological polar surface area (TPSA) is 50.3 Å². The van der Waals surface area contributed by atoms with Crippen LogP contribution in [-0.4, -0.2) is 30.8 Å². The van der Waals surface area contributed by atoms with Gasteiger partial charge in [-0.2, -0.15) is 4.31 Å². The van der Waals surface area contributed by atoms with Gasteiger partial charge in [0.25, 0.3) is 0 Å². The van der Waals surface area contributed by atoms with Crippen LogP contribution in [-0.2, 0) is 10.0 Å². The standard InChI is InChI=1S/C12H16BrClN2O2S/c1-2-3-9-4-5-16(8-9)19(17,18)11-6-10(13)7-15-12(11)14/h6-7,9H,2-5,8H2,1H3. The highest BCUT2D eigenvalue weighted by atomic mass is 79.9. The van der Waals surface area contributed by atoms with Crippen LogP contribution in [0.2, 0.25) is 5.15 Å². The minimum absolute atomic E-state index is 0.0298. The highest BCUT2D eigenvalue weighted by Gasteiger charge is 2.33. The summed E-state index contributed by atoms with van der Waals surface area (Å²) in [4.78, 5) is 3.97. The highest BCUT2D eigenvalue weighted by Crippen LogP contribution is 2.30. The minimum atomic E-state index is -3.53. The molecule has 1 atom stereocenters. The van der Waals surface area contributed by atoms with Gasteiger partial charge in [0.2, 0.25) is 10.0 Å². The maximum absolute atomic E-state index is 12.5. The summed E-state index contributed by atoms with van der Waals surface area (Å²) in [7, 11) is -3.53. The smallest absolute Gasteiger partial charge is 0.242 e. The lowest BCUT2D eigenvalue weighted by Crippen LogP contribution is -2.29. The summed E-state index contributed by atoms with van der Waals surface area (Å²) in [6.07, 6.45) is 4.56. The van der Waals surface area contributed by atoms with E-state index in [9.17, 15) is 8.42 Å². The molecule has 1 aromatic heterocycles. The minimum Gasteiger partial charge on any atom is -0.242 e. The number of hydrogen-bond donors (Lipinski definition) is 0. The average Bonchev–Trinajstić information content (AvgIpc) is 2.82. The number of nitrogens with zero attached hydrogens (tertiary/aromatic N) is 2. The Morgan fingerprint density at radius 1 is 1.58 bits per heavy atom. The van der Waals surface area contributed by atoms with Gasteiger partial charge >= 0.3 is 0 Å². The van der Waals surface area contributed by atoms with Crippen molar-refractivity contribution in [2.75, 3.05) is 13.1 Å². The van der Waals surface area contributed by atoms with Gasteiger partial charge in [-0.25, -0.2) is 13.4 Å². The van der Waals surface area contributed by atoms with E-state index in [0.717, 1.165) is 19.3 Å². The van der Waals surface area contributed by atoms with Crippen LogP contribution in [0.25, 0.3) is 0 Å². The van der Waals surface area contributed by atoms with Crippen LogP contribution >= 0.6 is 27.5 Å². The molecule has 0 aromatic carbocycles. The van der Waals surface area contributed by atoms with Gasteiger partial charge in [-0.3, -0.25) is 0 Å². The second-order valence-electron chi connectivity index (χ2n) is 4.75. The van der Waals surface area contributed by atoms with Crippen LogP contribution in [0.3, 0.4) is 0 Å². The summed E-state index contributed by atoms with van der Waals surface area (Å²) in [5.74, 6) is 0.457. The number of sulfonamides is 1. The first-order valence-electron chi connectivity index (χ1n) is 6.26. The Labute approximate surface area is 127 Å². The van der Waals surface area contributed by atoms with E-state index in [1.54, 1.807) is 0 Å². The first-order valence-corrected chi connectivity index (χ1v) is 8.87. The van der Waals surface area contributed by atoms with E-state index in [4.69, 9.17) is 11.6 Å². The molecule has 1 aliphatic heterocycles. The Balaban J connectivity index is 2.26. The normalized spacial score (nSPS) is 20.9. The van der Waals surface area contributed by atoms with E-state index < -0.39 is 10.0 Å². The van der Waals surface area contributed by atoms with Crippen LogP contribution in [0, 0.1) is 5.92 Å². The van der Waals surface area contributed by atoms with Crippen molar-refractivity contribution in [2.45, 2.75) is 31.1 Å². The van der Waals surface area contributed by atoms with E-state index in [1.165, 1.54) is 16.6 Å². The molecule has 0 N–H and O–H groups in total. The first-order chi connectivity index (χ1) is 8.95. The monoisotopic (exact) mass is 366 g/mol. The second-order valence-corrected chi connectivity index (χ2v) is 7.93. The summed E-state index contributed by atoms with van der Waals surface area (Å²) in [5.41, 5.74) is 0. The van der Waals surface area contributed by atoms with Crippen LogP contribution in [0.1, 0.15) is 26.2 Å². The molecule has 19 heavy (non-hydrogen) atoms. The van der Waals surface area contributed by atoms with Gasteiger partial charge in [0.15, 0.2) is 0 Å². The SMILES string of the molecule is CCCC1CCN(S(=O)(=O)c2cc(Br)cnc2Cl)C1. The average molecular weight is 368 g/mol. The van der Waals surface area contributed by atoms with Gasteiger partial charge < -0.3 is 0 Å². The highest BCUT2D eigenvalue weighted by molar-refractivity contribution is 9.10. The zero-order valence-corrected chi connectivity index (χ0v) is 13.8. The van der Waals surface area contributed by atoms with E-state index in [1.807, 2.05) is 0 Å². The molecule has 0 radical (unpaired) electrons. The lowest BCUT2D eigenvalue weighted by Gasteiger charge is -2.17. The molecule has 1 aromatic rings. The van der Waals surface area contributed by atoms with Gasteiger partial charge in [-0.05, 0) is 40.8 Å².